The molecule has 1 amide bonds. The topological polar surface area (TPSA) is 56.8 Å². The molecule has 96 valence electrons. The maximum absolute atomic E-state index is 11.0. The SMILES string of the molecule is COCCOCCOCCNC(=O)CCS. The maximum Gasteiger partial charge on any atom is 0.220 e. The second-order valence-corrected chi connectivity index (χ2v) is 3.49. The lowest BCUT2D eigenvalue weighted by atomic mass is 10.4. The van der Waals surface area contributed by atoms with Crippen molar-refractivity contribution in [3.63, 3.8) is 0 Å². The summed E-state index contributed by atoms with van der Waals surface area (Å²) in [6.07, 6.45) is 0.448. The van der Waals surface area contributed by atoms with E-state index in [2.05, 4.69) is 17.9 Å². The zero-order chi connectivity index (χ0) is 12.1. The number of ether oxygens (including phenoxy) is 3. The zero-order valence-corrected chi connectivity index (χ0v) is 10.6. The molecule has 6 heteroatoms. The Morgan fingerprint density at radius 2 is 1.75 bits per heavy atom. The van der Waals surface area contributed by atoms with E-state index in [9.17, 15) is 4.79 Å². The van der Waals surface area contributed by atoms with Gasteiger partial charge in [-0.2, -0.15) is 12.6 Å². The third-order valence-electron chi connectivity index (χ3n) is 1.71. The van der Waals surface area contributed by atoms with Crippen molar-refractivity contribution in [3.8, 4) is 0 Å². The van der Waals surface area contributed by atoms with Crippen LogP contribution in [0.1, 0.15) is 6.42 Å². The second-order valence-electron chi connectivity index (χ2n) is 3.04. The largest absolute Gasteiger partial charge is 0.382 e. The van der Waals surface area contributed by atoms with E-state index >= 15 is 0 Å². The first-order valence-electron chi connectivity index (χ1n) is 5.33. The van der Waals surface area contributed by atoms with Gasteiger partial charge in [0.05, 0.1) is 33.0 Å². The van der Waals surface area contributed by atoms with Crippen molar-refractivity contribution in [1.82, 2.24) is 5.32 Å². The van der Waals surface area contributed by atoms with E-state index in [0.717, 1.165) is 0 Å². The maximum atomic E-state index is 11.0. The summed E-state index contributed by atoms with van der Waals surface area (Å²) in [7, 11) is 1.63. The van der Waals surface area contributed by atoms with Gasteiger partial charge in [0.2, 0.25) is 5.91 Å². The third kappa shape index (κ3) is 11.8. The van der Waals surface area contributed by atoms with E-state index in [0.29, 0.717) is 51.8 Å². The number of amides is 1. The van der Waals surface area contributed by atoms with Crippen LogP contribution in [0.25, 0.3) is 0 Å². The van der Waals surface area contributed by atoms with E-state index in [1.807, 2.05) is 0 Å². The summed E-state index contributed by atoms with van der Waals surface area (Å²) in [5, 5.41) is 2.72. The molecule has 0 aromatic rings. The van der Waals surface area contributed by atoms with Crippen LogP contribution in [0.3, 0.4) is 0 Å². The van der Waals surface area contributed by atoms with Gasteiger partial charge in [0.15, 0.2) is 0 Å². The number of hydrogen-bond acceptors (Lipinski definition) is 5. The Labute approximate surface area is 102 Å². The molecule has 0 aliphatic carbocycles. The number of nitrogens with one attached hydrogen (secondary N) is 1. The number of carbonyl (C=O) groups excluding carboxylic acids is 1. The van der Waals surface area contributed by atoms with Gasteiger partial charge in [-0.05, 0) is 5.75 Å². The molecule has 0 heterocycles. The summed E-state index contributed by atoms with van der Waals surface area (Å²) in [5.41, 5.74) is 0. The van der Waals surface area contributed by atoms with Crippen LogP contribution in [0.4, 0.5) is 0 Å². The molecule has 0 rings (SSSR count). The van der Waals surface area contributed by atoms with Gasteiger partial charge in [0.25, 0.3) is 0 Å². The lowest BCUT2D eigenvalue weighted by molar-refractivity contribution is -0.120. The molecule has 5 nitrogen and oxygen atoms in total. The minimum absolute atomic E-state index is 0.00921. The predicted octanol–water partition coefficient (Wildman–Crippen LogP) is 0.102. The van der Waals surface area contributed by atoms with Crippen LogP contribution >= 0.6 is 12.6 Å². The Hall–Kier alpha value is -0.300. The standard InChI is InChI=1S/C10H21NO4S/c1-13-5-6-15-8-7-14-4-3-11-10(12)2-9-16/h16H,2-9H2,1H3,(H,11,12). The highest BCUT2D eigenvalue weighted by Gasteiger charge is 1.97. The van der Waals surface area contributed by atoms with Crippen LogP contribution in [-0.4, -0.2) is 58.3 Å². The molecule has 0 unspecified atom stereocenters. The zero-order valence-electron chi connectivity index (χ0n) is 9.74. The molecule has 16 heavy (non-hydrogen) atoms. The van der Waals surface area contributed by atoms with Gasteiger partial charge in [-0.1, -0.05) is 0 Å². The summed E-state index contributed by atoms with van der Waals surface area (Å²) in [6.45, 7) is 3.30. The fourth-order valence-corrected chi connectivity index (χ4v) is 1.12. The van der Waals surface area contributed by atoms with Gasteiger partial charge in [0.1, 0.15) is 0 Å². The average molecular weight is 251 g/mol. The van der Waals surface area contributed by atoms with Crippen LogP contribution in [0.5, 0.6) is 0 Å². The van der Waals surface area contributed by atoms with Crippen LogP contribution in [-0.2, 0) is 19.0 Å². The molecule has 0 fully saturated rings. The smallest absolute Gasteiger partial charge is 0.220 e. The van der Waals surface area contributed by atoms with E-state index in [1.54, 1.807) is 7.11 Å². The monoisotopic (exact) mass is 251 g/mol. The number of methoxy groups -OCH3 is 1. The van der Waals surface area contributed by atoms with Gasteiger partial charge >= 0.3 is 0 Å². The van der Waals surface area contributed by atoms with Gasteiger partial charge in [-0.3, -0.25) is 4.79 Å². The first kappa shape index (κ1) is 15.7. The van der Waals surface area contributed by atoms with Crippen molar-refractivity contribution in [1.29, 1.82) is 0 Å². The van der Waals surface area contributed by atoms with E-state index in [1.165, 1.54) is 0 Å². The highest BCUT2D eigenvalue weighted by molar-refractivity contribution is 7.80. The number of rotatable bonds is 11. The number of thiol groups is 1. The summed E-state index contributed by atoms with van der Waals surface area (Å²) in [5.74, 6) is 0.579. The van der Waals surface area contributed by atoms with E-state index in [-0.39, 0.29) is 5.91 Å². The Kier molecular flexibility index (Phi) is 12.5. The summed E-state index contributed by atoms with van der Waals surface area (Å²) >= 11 is 3.96. The molecule has 1 N–H and O–H groups in total. The van der Waals surface area contributed by atoms with Crippen molar-refractivity contribution in [3.05, 3.63) is 0 Å². The van der Waals surface area contributed by atoms with Crippen LogP contribution in [0.2, 0.25) is 0 Å². The lowest BCUT2D eigenvalue weighted by Gasteiger charge is -2.06. The Bertz CT molecular complexity index is 169. The first-order chi connectivity index (χ1) is 7.81. The number of hydrogen-bond donors (Lipinski definition) is 2. The van der Waals surface area contributed by atoms with E-state index in [4.69, 9.17) is 14.2 Å². The van der Waals surface area contributed by atoms with E-state index < -0.39 is 0 Å². The van der Waals surface area contributed by atoms with Crippen molar-refractivity contribution in [2.45, 2.75) is 6.42 Å². The third-order valence-corrected chi connectivity index (χ3v) is 1.93. The summed E-state index contributed by atoms with van der Waals surface area (Å²) < 4.78 is 15.3. The molecule has 0 saturated heterocycles. The highest BCUT2D eigenvalue weighted by Crippen LogP contribution is 1.83. The Morgan fingerprint density at radius 3 is 2.38 bits per heavy atom. The molecular weight excluding hydrogens is 230 g/mol. The van der Waals surface area contributed by atoms with Crippen LogP contribution in [0.15, 0.2) is 0 Å². The minimum atomic E-state index is 0.00921. The fraction of sp³-hybridized carbons (Fsp3) is 0.900. The summed E-state index contributed by atoms with van der Waals surface area (Å²) in [6, 6.07) is 0. The first-order valence-corrected chi connectivity index (χ1v) is 5.96. The molecule has 0 aromatic heterocycles. The number of carbonyl (C=O) groups is 1. The van der Waals surface area contributed by atoms with Gasteiger partial charge in [-0.25, -0.2) is 0 Å². The van der Waals surface area contributed by atoms with Crippen molar-refractivity contribution in [2.24, 2.45) is 0 Å². The van der Waals surface area contributed by atoms with Crippen molar-refractivity contribution in [2.75, 3.05) is 52.4 Å². The molecule has 0 saturated carbocycles. The minimum Gasteiger partial charge on any atom is -0.382 e. The fourth-order valence-electron chi connectivity index (χ4n) is 0.917. The van der Waals surface area contributed by atoms with Crippen molar-refractivity contribution < 1.29 is 19.0 Å². The predicted molar refractivity (Wildman–Crippen MR) is 65.0 cm³/mol. The quantitative estimate of drug-likeness (QED) is 0.404. The van der Waals surface area contributed by atoms with Gasteiger partial charge < -0.3 is 19.5 Å². The molecule has 0 aliphatic heterocycles. The van der Waals surface area contributed by atoms with Gasteiger partial charge in [-0.15, -0.1) is 0 Å². The lowest BCUT2D eigenvalue weighted by Crippen LogP contribution is -2.27. The van der Waals surface area contributed by atoms with Gasteiger partial charge in [0, 0.05) is 20.1 Å². The Balaban J connectivity index is 3.01. The van der Waals surface area contributed by atoms with Crippen LogP contribution in [0, 0.1) is 0 Å². The van der Waals surface area contributed by atoms with Crippen LogP contribution < -0.4 is 5.32 Å². The molecular formula is C10H21NO4S. The molecule has 0 aromatic carbocycles. The molecule has 0 spiro atoms. The normalized spacial score (nSPS) is 10.4. The summed E-state index contributed by atoms with van der Waals surface area (Å²) in [4.78, 5) is 11.0. The second kappa shape index (κ2) is 12.8. The highest BCUT2D eigenvalue weighted by atomic mass is 32.1. The molecule has 0 aliphatic rings. The molecule has 0 radical (unpaired) electrons. The molecule has 0 bridgehead atoms. The molecule has 0 atom stereocenters. The Morgan fingerprint density at radius 1 is 1.12 bits per heavy atom. The average Bonchev–Trinajstić information content (AvgIpc) is 2.27. The van der Waals surface area contributed by atoms with Crippen molar-refractivity contribution >= 4 is 18.5 Å².